The van der Waals surface area contributed by atoms with Crippen LogP contribution in [0.2, 0.25) is 0 Å². The zero-order chi connectivity index (χ0) is 28.2. The topological polar surface area (TPSA) is 35.3 Å². The second-order valence-electron chi connectivity index (χ2n) is 10.6. The maximum Gasteiger partial charge on any atom is 0.141 e. The zero-order valence-electron chi connectivity index (χ0n) is 25.1. The molecule has 0 aromatic carbocycles. The molecule has 1 aromatic rings. The molecule has 0 unspecified atom stereocenters. The molecule has 37 heavy (non-hydrogen) atoms. The highest BCUT2D eigenvalue weighted by atomic mass is 19.3. The smallest absolute Gasteiger partial charge is 0.141 e. The molecule has 0 atom stereocenters. The van der Waals surface area contributed by atoms with E-state index in [0.717, 1.165) is 73.1 Å². The first kappa shape index (κ1) is 32.6. The van der Waals surface area contributed by atoms with Crippen molar-refractivity contribution in [1.29, 1.82) is 0 Å². The third kappa shape index (κ3) is 9.74. The Morgan fingerprint density at radius 3 is 2.19 bits per heavy atom. The van der Waals surface area contributed by atoms with E-state index in [1.54, 1.807) is 13.8 Å². The van der Waals surface area contributed by atoms with Crippen LogP contribution in [0.4, 0.5) is 4.53 Å². The first-order chi connectivity index (χ1) is 17.4. The highest BCUT2D eigenvalue weighted by molar-refractivity contribution is 5.79. The van der Waals surface area contributed by atoms with Gasteiger partial charge in [0.15, 0.2) is 0 Å². The van der Waals surface area contributed by atoms with Crippen LogP contribution in [0.5, 0.6) is 0 Å². The standard InChI is InChI=1S/C33H50FNO2/c1-12-15-17-19-31(24(5)21-25(6)33(10,11)37-34)26(7)29(18-16-13-2)22-30(20-23(4)14-3)32-27(8)35-36-28(32)9/h19-22H,6,12-18H2,1-5,7-11H3/b23-20-,24-21-,29-26+,30-22+,31-19+. The van der Waals surface area contributed by atoms with Crippen molar-refractivity contribution in [3.8, 4) is 0 Å². The molecule has 206 valence electrons. The van der Waals surface area contributed by atoms with Crippen molar-refractivity contribution in [2.45, 2.75) is 120 Å². The Balaban J connectivity index is 3.87. The predicted molar refractivity (Wildman–Crippen MR) is 157 cm³/mol. The monoisotopic (exact) mass is 511 g/mol. The minimum Gasteiger partial charge on any atom is -0.361 e. The lowest BCUT2D eigenvalue weighted by Gasteiger charge is -2.21. The van der Waals surface area contributed by atoms with Crippen LogP contribution >= 0.6 is 0 Å². The first-order valence-electron chi connectivity index (χ1n) is 13.8. The number of allylic oxidation sites excluding steroid dienone is 9. The van der Waals surface area contributed by atoms with Crippen LogP contribution in [-0.2, 0) is 4.94 Å². The van der Waals surface area contributed by atoms with E-state index in [2.05, 4.69) is 76.4 Å². The number of rotatable bonds is 15. The number of halogens is 1. The Morgan fingerprint density at radius 1 is 1.03 bits per heavy atom. The number of aromatic nitrogens is 1. The Kier molecular flexibility index (Phi) is 13.8. The maximum absolute atomic E-state index is 13.2. The molecular weight excluding hydrogens is 461 g/mol. The van der Waals surface area contributed by atoms with Crippen molar-refractivity contribution >= 4 is 5.57 Å². The fraction of sp³-hybridized carbons (Fsp3) is 0.545. The van der Waals surface area contributed by atoms with Crippen LogP contribution in [0.25, 0.3) is 5.57 Å². The van der Waals surface area contributed by atoms with Gasteiger partial charge in [0.05, 0.1) is 5.69 Å². The van der Waals surface area contributed by atoms with E-state index >= 15 is 0 Å². The van der Waals surface area contributed by atoms with Crippen molar-refractivity contribution in [2.75, 3.05) is 0 Å². The average molecular weight is 512 g/mol. The van der Waals surface area contributed by atoms with Crippen molar-refractivity contribution < 1.29 is 14.0 Å². The van der Waals surface area contributed by atoms with Crippen LogP contribution in [0.15, 0.2) is 68.8 Å². The largest absolute Gasteiger partial charge is 0.361 e. The molecule has 0 radical (unpaired) electrons. The molecule has 1 heterocycles. The summed E-state index contributed by atoms with van der Waals surface area (Å²) in [6.45, 7) is 24.5. The molecule has 0 saturated carbocycles. The number of unbranched alkanes of at least 4 members (excludes halogenated alkanes) is 3. The Labute approximate surface area is 225 Å². The highest BCUT2D eigenvalue weighted by Crippen LogP contribution is 2.33. The second kappa shape index (κ2) is 15.7. The molecule has 4 heteroatoms. The van der Waals surface area contributed by atoms with E-state index in [0.29, 0.717) is 5.57 Å². The van der Waals surface area contributed by atoms with Gasteiger partial charge in [0, 0.05) is 5.56 Å². The second-order valence-corrected chi connectivity index (χ2v) is 10.6. The van der Waals surface area contributed by atoms with E-state index in [1.165, 1.54) is 22.3 Å². The average Bonchev–Trinajstić information content (AvgIpc) is 3.20. The van der Waals surface area contributed by atoms with Crippen LogP contribution in [-0.4, -0.2) is 10.8 Å². The third-order valence-corrected chi connectivity index (χ3v) is 6.98. The summed E-state index contributed by atoms with van der Waals surface area (Å²) in [5.41, 5.74) is 8.69. The van der Waals surface area contributed by atoms with E-state index in [4.69, 9.17) is 4.52 Å². The van der Waals surface area contributed by atoms with E-state index < -0.39 is 5.60 Å². The minimum atomic E-state index is -1.07. The first-order valence-corrected chi connectivity index (χ1v) is 13.8. The predicted octanol–water partition coefficient (Wildman–Crippen LogP) is 10.8. The van der Waals surface area contributed by atoms with Crippen LogP contribution in [0.3, 0.4) is 0 Å². The summed E-state index contributed by atoms with van der Waals surface area (Å²) in [4.78, 5) is 4.20. The van der Waals surface area contributed by atoms with Crippen LogP contribution in [0.1, 0.15) is 117 Å². The number of aryl methyl sites for hydroxylation is 2. The van der Waals surface area contributed by atoms with E-state index in [1.807, 2.05) is 19.9 Å². The Hall–Kier alpha value is -2.46. The van der Waals surface area contributed by atoms with E-state index in [-0.39, 0.29) is 0 Å². The van der Waals surface area contributed by atoms with Crippen LogP contribution in [0, 0.1) is 13.8 Å². The van der Waals surface area contributed by atoms with Crippen molar-refractivity contribution in [2.24, 2.45) is 0 Å². The fourth-order valence-electron chi connectivity index (χ4n) is 4.17. The van der Waals surface area contributed by atoms with Gasteiger partial charge in [0.2, 0.25) is 0 Å². The fourth-order valence-corrected chi connectivity index (χ4v) is 4.17. The van der Waals surface area contributed by atoms with Gasteiger partial charge in [0.1, 0.15) is 11.4 Å². The van der Waals surface area contributed by atoms with E-state index in [9.17, 15) is 4.53 Å². The molecule has 0 aliphatic rings. The van der Waals surface area contributed by atoms with Gasteiger partial charge in [-0.2, -0.15) is 4.94 Å². The quantitative estimate of drug-likeness (QED) is 0.173. The molecule has 0 fully saturated rings. The lowest BCUT2D eigenvalue weighted by atomic mass is 9.87. The van der Waals surface area contributed by atoms with Gasteiger partial charge in [-0.3, -0.25) is 0 Å². The molecule has 0 bridgehead atoms. The van der Waals surface area contributed by atoms with Gasteiger partial charge in [-0.15, -0.1) is 0 Å². The number of nitrogens with zero attached hydrogens (tertiary/aromatic N) is 1. The lowest BCUT2D eigenvalue weighted by molar-refractivity contribution is -0.204. The third-order valence-electron chi connectivity index (χ3n) is 6.98. The molecule has 0 aliphatic heterocycles. The summed E-state index contributed by atoms with van der Waals surface area (Å²) in [5, 5.41) is 4.23. The number of hydrogen-bond donors (Lipinski definition) is 0. The molecule has 0 spiro atoms. The van der Waals surface area contributed by atoms with Gasteiger partial charge >= 0.3 is 0 Å². The maximum atomic E-state index is 13.2. The summed E-state index contributed by atoms with van der Waals surface area (Å²) in [7, 11) is 0. The molecule has 1 rings (SSSR count). The molecule has 1 aromatic heterocycles. The Bertz CT molecular complexity index is 1040. The molecular formula is C33H50FNO2. The number of hydrogen-bond acceptors (Lipinski definition) is 3. The van der Waals surface area contributed by atoms with Crippen molar-refractivity contribution in [1.82, 2.24) is 5.16 Å². The normalized spacial score (nSPS) is 14.8. The van der Waals surface area contributed by atoms with Gasteiger partial charge in [-0.25, -0.2) is 0 Å². The summed E-state index contributed by atoms with van der Waals surface area (Å²) in [6, 6.07) is 0. The minimum absolute atomic E-state index is 0.602. The summed E-state index contributed by atoms with van der Waals surface area (Å²) in [6.07, 6.45) is 16.2. The molecule has 0 aliphatic carbocycles. The highest BCUT2D eigenvalue weighted by Gasteiger charge is 2.23. The van der Waals surface area contributed by atoms with Gasteiger partial charge in [0.25, 0.3) is 0 Å². The summed E-state index contributed by atoms with van der Waals surface area (Å²) < 4.78 is 18.7. The van der Waals surface area contributed by atoms with Gasteiger partial charge in [-0.1, -0.05) is 81.6 Å². The van der Waals surface area contributed by atoms with Gasteiger partial charge in [-0.05, 0) is 112 Å². The van der Waals surface area contributed by atoms with Gasteiger partial charge < -0.3 is 4.52 Å². The molecule has 0 saturated heterocycles. The Morgan fingerprint density at radius 2 is 1.68 bits per heavy atom. The lowest BCUT2D eigenvalue weighted by Crippen LogP contribution is -2.22. The summed E-state index contributed by atoms with van der Waals surface area (Å²) >= 11 is 0. The molecule has 3 nitrogen and oxygen atoms in total. The zero-order valence-corrected chi connectivity index (χ0v) is 25.1. The van der Waals surface area contributed by atoms with Crippen LogP contribution < -0.4 is 0 Å². The molecule has 0 N–H and O–H groups in total. The van der Waals surface area contributed by atoms with Crippen molar-refractivity contribution in [3.63, 3.8) is 0 Å². The SMILES string of the molecule is C=C(\C=C(C)/C(=C\CCCC)C(/C)=C(/C=C(\C=C(\C)CC)c1c(C)noc1C)CCCC)C(C)(C)OF. The summed E-state index contributed by atoms with van der Waals surface area (Å²) in [5.74, 6) is 0.830. The van der Waals surface area contributed by atoms with Crippen molar-refractivity contribution in [3.05, 3.63) is 81.3 Å². The molecule has 0 amide bonds.